The Bertz CT molecular complexity index is 1020. The standard InChI is InChI=1S/C19H20FN7O2/c1-12-6-14(24-23-12)8-21-18(29)19(7-13-4-2-3-5-15(13)20)10-27(11-19)17(28)16-9-22-26-25-16/h2-6,9H,7-8,10-11H2,1H3,(H,21,29)(H,23,24)(H,22,25,26). The maximum atomic E-state index is 14.2. The Kier molecular flexibility index (Phi) is 4.83. The number of carbonyl (C=O) groups is 2. The van der Waals surface area contributed by atoms with Gasteiger partial charge in [-0.05, 0) is 31.0 Å². The van der Waals surface area contributed by atoms with E-state index in [2.05, 4.69) is 30.9 Å². The number of nitrogens with one attached hydrogen (secondary N) is 3. The van der Waals surface area contributed by atoms with Crippen molar-refractivity contribution in [2.75, 3.05) is 13.1 Å². The number of aromatic nitrogens is 5. The predicted octanol–water partition coefficient (Wildman–Crippen LogP) is 0.977. The number of carbonyl (C=O) groups excluding carboxylic acids is 2. The average molecular weight is 397 g/mol. The first-order valence-electron chi connectivity index (χ1n) is 9.14. The molecule has 9 nitrogen and oxygen atoms in total. The van der Waals surface area contributed by atoms with Crippen molar-refractivity contribution in [3.05, 3.63) is 65.0 Å². The van der Waals surface area contributed by atoms with Crippen LogP contribution in [0.4, 0.5) is 4.39 Å². The number of nitrogens with zero attached hydrogens (tertiary/aromatic N) is 4. The molecular weight excluding hydrogens is 377 g/mol. The molecule has 3 aromatic rings. The number of likely N-dealkylation sites (tertiary alicyclic amines) is 1. The van der Waals surface area contributed by atoms with Crippen molar-refractivity contribution < 1.29 is 14.0 Å². The molecule has 2 amide bonds. The van der Waals surface area contributed by atoms with Crippen LogP contribution >= 0.6 is 0 Å². The van der Waals surface area contributed by atoms with Crippen LogP contribution < -0.4 is 5.32 Å². The molecular formula is C19H20FN7O2. The number of H-pyrrole nitrogens is 2. The minimum absolute atomic E-state index is 0.165. The normalized spacial score (nSPS) is 15.0. The molecule has 150 valence electrons. The fourth-order valence-corrected chi connectivity index (χ4v) is 3.56. The van der Waals surface area contributed by atoms with E-state index in [1.54, 1.807) is 18.2 Å². The molecule has 0 atom stereocenters. The van der Waals surface area contributed by atoms with E-state index in [0.717, 1.165) is 5.69 Å². The first-order chi connectivity index (χ1) is 14.0. The van der Waals surface area contributed by atoms with Crippen LogP contribution in [-0.2, 0) is 17.8 Å². The van der Waals surface area contributed by atoms with Crippen molar-refractivity contribution in [3.8, 4) is 0 Å². The van der Waals surface area contributed by atoms with Crippen molar-refractivity contribution in [1.29, 1.82) is 0 Å². The Morgan fingerprint density at radius 2 is 2.07 bits per heavy atom. The van der Waals surface area contributed by atoms with Gasteiger partial charge in [0.2, 0.25) is 5.91 Å². The number of aryl methyl sites for hydroxylation is 1. The number of aromatic amines is 2. The van der Waals surface area contributed by atoms with Gasteiger partial charge in [-0.1, -0.05) is 18.2 Å². The number of hydrogen-bond acceptors (Lipinski definition) is 5. The molecule has 3 N–H and O–H groups in total. The summed E-state index contributed by atoms with van der Waals surface area (Å²) in [6.45, 7) is 2.45. The third-order valence-corrected chi connectivity index (χ3v) is 5.07. The van der Waals surface area contributed by atoms with Crippen LogP contribution in [-0.4, -0.2) is 55.4 Å². The molecule has 0 bridgehead atoms. The van der Waals surface area contributed by atoms with Crippen LogP contribution in [0.2, 0.25) is 0 Å². The van der Waals surface area contributed by atoms with Crippen molar-refractivity contribution in [3.63, 3.8) is 0 Å². The summed E-state index contributed by atoms with van der Waals surface area (Å²) in [6, 6.07) is 8.19. The molecule has 0 radical (unpaired) electrons. The zero-order valence-corrected chi connectivity index (χ0v) is 15.8. The molecule has 1 fully saturated rings. The summed E-state index contributed by atoms with van der Waals surface area (Å²) in [5.41, 5.74) is 1.28. The molecule has 0 spiro atoms. The van der Waals surface area contributed by atoms with Gasteiger partial charge in [-0.15, -0.1) is 0 Å². The van der Waals surface area contributed by atoms with E-state index in [0.29, 0.717) is 11.3 Å². The van der Waals surface area contributed by atoms with E-state index in [9.17, 15) is 14.0 Å². The van der Waals surface area contributed by atoms with E-state index < -0.39 is 5.41 Å². The van der Waals surface area contributed by atoms with Gasteiger partial charge in [0.25, 0.3) is 5.91 Å². The largest absolute Gasteiger partial charge is 0.350 e. The highest BCUT2D eigenvalue weighted by Gasteiger charge is 2.51. The first kappa shape index (κ1) is 18.8. The average Bonchev–Trinajstić information content (AvgIpc) is 3.35. The summed E-state index contributed by atoms with van der Waals surface area (Å²) in [5.74, 6) is -0.937. The van der Waals surface area contributed by atoms with Crippen molar-refractivity contribution in [1.82, 2.24) is 35.8 Å². The second-order valence-electron chi connectivity index (χ2n) is 7.29. The highest BCUT2D eigenvalue weighted by Crippen LogP contribution is 2.36. The molecule has 10 heteroatoms. The third-order valence-electron chi connectivity index (χ3n) is 5.07. The number of benzene rings is 1. The summed E-state index contributed by atoms with van der Waals surface area (Å²) in [5, 5.41) is 19.6. The topological polar surface area (TPSA) is 120 Å². The van der Waals surface area contributed by atoms with E-state index in [1.807, 2.05) is 13.0 Å². The highest BCUT2D eigenvalue weighted by molar-refractivity contribution is 5.95. The second-order valence-corrected chi connectivity index (χ2v) is 7.29. The first-order valence-corrected chi connectivity index (χ1v) is 9.14. The van der Waals surface area contributed by atoms with E-state index >= 15 is 0 Å². The number of halogens is 1. The van der Waals surface area contributed by atoms with Gasteiger partial charge in [-0.25, -0.2) is 4.39 Å². The van der Waals surface area contributed by atoms with E-state index in [-0.39, 0.29) is 49.4 Å². The van der Waals surface area contributed by atoms with Crippen LogP contribution in [0.15, 0.2) is 36.5 Å². The minimum atomic E-state index is -0.924. The quantitative estimate of drug-likeness (QED) is 0.573. The Hall–Kier alpha value is -3.56. The van der Waals surface area contributed by atoms with Crippen LogP contribution in [0, 0.1) is 18.2 Å². The lowest BCUT2D eigenvalue weighted by atomic mass is 9.73. The second kappa shape index (κ2) is 7.46. The maximum absolute atomic E-state index is 14.2. The minimum Gasteiger partial charge on any atom is -0.350 e. The van der Waals surface area contributed by atoms with E-state index in [4.69, 9.17) is 0 Å². The van der Waals surface area contributed by atoms with Crippen molar-refractivity contribution in [2.24, 2.45) is 5.41 Å². The molecule has 1 aliphatic rings. The SMILES string of the molecule is Cc1cc(CNC(=O)C2(Cc3ccccc3F)CN(C(=O)c3cn[nH]n3)C2)n[nH]1. The van der Waals surface area contributed by atoms with Gasteiger partial charge in [0, 0.05) is 18.8 Å². The molecule has 1 aliphatic heterocycles. The zero-order chi connectivity index (χ0) is 20.4. The lowest BCUT2D eigenvalue weighted by molar-refractivity contribution is -0.139. The summed E-state index contributed by atoms with van der Waals surface area (Å²) in [6.07, 6.45) is 1.52. The van der Waals surface area contributed by atoms with Gasteiger partial charge >= 0.3 is 0 Å². The van der Waals surface area contributed by atoms with Gasteiger partial charge < -0.3 is 10.2 Å². The smallest absolute Gasteiger partial charge is 0.276 e. The predicted molar refractivity (Wildman–Crippen MR) is 100.0 cm³/mol. The zero-order valence-electron chi connectivity index (χ0n) is 15.8. The number of amides is 2. The lowest BCUT2D eigenvalue weighted by Gasteiger charge is -2.48. The molecule has 1 saturated heterocycles. The number of rotatable bonds is 6. The summed E-state index contributed by atoms with van der Waals surface area (Å²) >= 11 is 0. The van der Waals surface area contributed by atoms with Crippen LogP contribution in [0.1, 0.15) is 27.4 Å². The highest BCUT2D eigenvalue weighted by atomic mass is 19.1. The third kappa shape index (κ3) is 3.73. The molecule has 0 unspecified atom stereocenters. The van der Waals surface area contributed by atoms with Crippen molar-refractivity contribution in [2.45, 2.75) is 19.9 Å². The molecule has 0 aliphatic carbocycles. The van der Waals surface area contributed by atoms with Gasteiger partial charge in [0.15, 0.2) is 5.69 Å². The van der Waals surface area contributed by atoms with Gasteiger partial charge in [0.1, 0.15) is 5.82 Å². The molecule has 3 heterocycles. The van der Waals surface area contributed by atoms with Crippen LogP contribution in [0.25, 0.3) is 0 Å². The summed E-state index contributed by atoms with van der Waals surface area (Å²) < 4.78 is 14.2. The monoisotopic (exact) mass is 397 g/mol. The Labute approximate surface area is 165 Å². The van der Waals surface area contributed by atoms with Crippen molar-refractivity contribution >= 4 is 11.8 Å². The number of hydrogen-bond donors (Lipinski definition) is 3. The fraction of sp³-hybridized carbons (Fsp3) is 0.316. The van der Waals surface area contributed by atoms with E-state index in [1.165, 1.54) is 17.2 Å². The molecule has 0 saturated carbocycles. The maximum Gasteiger partial charge on any atom is 0.276 e. The van der Waals surface area contributed by atoms with Crippen LogP contribution in [0.3, 0.4) is 0 Å². The summed E-state index contributed by atoms with van der Waals surface area (Å²) in [7, 11) is 0. The fourth-order valence-electron chi connectivity index (χ4n) is 3.56. The van der Waals surface area contributed by atoms with Gasteiger partial charge in [-0.3, -0.25) is 14.7 Å². The summed E-state index contributed by atoms with van der Waals surface area (Å²) in [4.78, 5) is 27.0. The Balaban J connectivity index is 1.51. The lowest BCUT2D eigenvalue weighted by Crippen LogP contribution is -2.65. The van der Waals surface area contributed by atoms with Gasteiger partial charge in [0.05, 0.1) is 23.9 Å². The Morgan fingerprint density at radius 3 is 2.72 bits per heavy atom. The molecule has 2 aromatic heterocycles. The Morgan fingerprint density at radius 1 is 1.28 bits per heavy atom. The molecule has 29 heavy (non-hydrogen) atoms. The molecule has 4 rings (SSSR count). The molecule has 1 aromatic carbocycles. The van der Waals surface area contributed by atoms with Gasteiger partial charge in [-0.2, -0.15) is 20.5 Å². The van der Waals surface area contributed by atoms with Crippen LogP contribution in [0.5, 0.6) is 0 Å².